The Morgan fingerprint density at radius 1 is 1.06 bits per heavy atom. The second kappa shape index (κ2) is 16.9. The van der Waals surface area contributed by atoms with Crippen LogP contribution in [0.4, 0.5) is 45.3 Å². The van der Waals surface area contributed by atoms with E-state index >= 15 is 0 Å². The average molecular weight is 713 g/mol. The van der Waals surface area contributed by atoms with E-state index in [-0.39, 0.29) is 29.8 Å². The van der Waals surface area contributed by atoms with Crippen LogP contribution in [0.3, 0.4) is 0 Å². The van der Waals surface area contributed by atoms with Gasteiger partial charge in [0.2, 0.25) is 0 Å². The number of piperazine rings is 1. The lowest BCUT2D eigenvalue weighted by Crippen LogP contribution is -2.58. The standard InChI is InChI=1S/C24H35F3N4O3.2C2HF3O2/c1-3-23(9-7-16(13-23)29-17-8-12-34-15-19(17)33-2)22(32)18-14-31(11-10-28-18)21-6-4-5-20(30-21)24(25,26)27;2*3-2(4,5)1(6)7/h4-6,16-19,28-29H,3,7-15H2,1-2H3;2*(H,6,7)/t16-,17?,18?,19?,23-;;/m0../s1. The number of nitrogens with one attached hydrogen (secondary N) is 2. The van der Waals surface area contributed by atoms with Crippen molar-refractivity contribution in [3.8, 4) is 0 Å². The number of Topliss-reactive ketones (excluding diaryl/α,β-unsaturated/α-hetero) is 1. The van der Waals surface area contributed by atoms with Gasteiger partial charge in [-0.05, 0) is 44.2 Å². The van der Waals surface area contributed by atoms with Crippen molar-refractivity contribution in [3.05, 3.63) is 23.9 Å². The SMILES string of the molecule is CC[C@]1(C(=O)C2CN(c3cccc(C(F)(F)F)n3)CCN2)CC[C@H](NC2CCOCC2OC)C1.O=C(O)C(F)(F)F.O=C(O)C(F)(F)F. The van der Waals surface area contributed by atoms with Crippen molar-refractivity contribution >= 4 is 23.5 Å². The van der Waals surface area contributed by atoms with Gasteiger partial charge in [0.05, 0.1) is 18.8 Å². The number of alkyl halides is 9. The van der Waals surface area contributed by atoms with Crippen molar-refractivity contribution in [3.63, 3.8) is 0 Å². The van der Waals surface area contributed by atoms with Gasteiger partial charge in [0.15, 0.2) is 5.78 Å². The number of carboxylic acids is 2. The van der Waals surface area contributed by atoms with Crippen LogP contribution in [-0.4, -0.2) is 109 Å². The number of hydrogen-bond donors (Lipinski definition) is 4. The van der Waals surface area contributed by atoms with Gasteiger partial charge in [-0.2, -0.15) is 39.5 Å². The smallest absolute Gasteiger partial charge is 0.475 e. The van der Waals surface area contributed by atoms with Crippen LogP contribution in [0.15, 0.2) is 18.2 Å². The van der Waals surface area contributed by atoms with E-state index in [0.29, 0.717) is 32.8 Å². The molecule has 48 heavy (non-hydrogen) atoms. The van der Waals surface area contributed by atoms with Gasteiger partial charge in [-0.3, -0.25) is 4.79 Å². The second-order valence-electron chi connectivity index (χ2n) is 11.3. The summed E-state index contributed by atoms with van der Waals surface area (Å²) in [4.78, 5) is 37.1. The van der Waals surface area contributed by atoms with Crippen molar-refractivity contribution in [2.45, 2.75) is 81.8 Å². The number of methoxy groups -OCH3 is 1. The molecule has 1 saturated carbocycles. The van der Waals surface area contributed by atoms with E-state index in [1.165, 1.54) is 6.07 Å². The first kappa shape index (κ1) is 40.9. The molecule has 0 bridgehead atoms. The van der Waals surface area contributed by atoms with Crippen LogP contribution in [-0.2, 0) is 30.0 Å². The molecule has 3 heterocycles. The fourth-order valence-corrected chi connectivity index (χ4v) is 5.69. The van der Waals surface area contributed by atoms with Gasteiger partial charge in [-0.1, -0.05) is 13.0 Å². The summed E-state index contributed by atoms with van der Waals surface area (Å²) < 4.78 is 114. The predicted octanol–water partition coefficient (Wildman–Crippen LogP) is 4.06. The molecule has 0 aromatic carbocycles. The van der Waals surface area contributed by atoms with E-state index in [9.17, 15) is 44.3 Å². The lowest BCUT2D eigenvalue weighted by Gasteiger charge is -2.38. The maximum Gasteiger partial charge on any atom is 0.490 e. The molecule has 274 valence electrons. The number of carbonyl (C=O) groups excluding carboxylic acids is 1. The Morgan fingerprint density at radius 2 is 1.67 bits per heavy atom. The lowest BCUT2D eigenvalue weighted by molar-refractivity contribution is -0.193. The van der Waals surface area contributed by atoms with E-state index in [0.717, 1.165) is 38.2 Å². The molecule has 5 atom stereocenters. The molecule has 4 N–H and O–H groups in total. The number of hydrogen-bond acceptors (Lipinski definition) is 9. The number of anilines is 1. The quantitative estimate of drug-likeness (QED) is 0.303. The Balaban J connectivity index is 0.000000479. The van der Waals surface area contributed by atoms with E-state index in [1.807, 2.05) is 0 Å². The van der Waals surface area contributed by atoms with Gasteiger partial charge in [0.1, 0.15) is 11.5 Å². The third-order valence-corrected chi connectivity index (χ3v) is 8.19. The van der Waals surface area contributed by atoms with E-state index in [1.54, 1.807) is 18.1 Å². The normalized spacial score (nSPS) is 26.4. The summed E-state index contributed by atoms with van der Waals surface area (Å²) in [6.45, 7) is 4.68. The summed E-state index contributed by atoms with van der Waals surface area (Å²) >= 11 is 0. The van der Waals surface area contributed by atoms with Crippen LogP contribution in [0.2, 0.25) is 0 Å². The summed E-state index contributed by atoms with van der Waals surface area (Å²) in [6, 6.07) is 3.93. The van der Waals surface area contributed by atoms with Gasteiger partial charge in [0.25, 0.3) is 0 Å². The molecule has 1 aliphatic carbocycles. The number of aliphatic carboxylic acids is 2. The van der Waals surface area contributed by atoms with Crippen molar-refractivity contribution in [1.82, 2.24) is 15.6 Å². The Kier molecular flexibility index (Phi) is 14.4. The molecule has 3 aliphatic rings. The highest BCUT2D eigenvalue weighted by molar-refractivity contribution is 5.91. The molecule has 3 fully saturated rings. The molecule has 20 heteroatoms. The minimum absolute atomic E-state index is 0.00890. The average Bonchev–Trinajstić information content (AvgIpc) is 3.44. The number of rotatable bonds is 7. The fourth-order valence-electron chi connectivity index (χ4n) is 5.69. The van der Waals surface area contributed by atoms with Gasteiger partial charge in [-0.15, -0.1) is 0 Å². The number of aromatic nitrogens is 1. The third-order valence-electron chi connectivity index (χ3n) is 8.19. The van der Waals surface area contributed by atoms with Gasteiger partial charge in [-0.25, -0.2) is 14.6 Å². The van der Waals surface area contributed by atoms with Crippen molar-refractivity contribution in [2.24, 2.45) is 5.41 Å². The highest BCUT2D eigenvalue weighted by Crippen LogP contribution is 2.43. The van der Waals surface area contributed by atoms with E-state index in [2.05, 4.69) is 22.5 Å². The zero-order valence-corrected chi connectivity index (χ0v) is 25.8. The Morgan fingerprint density at radius 3 is 2.19 bits per heavy atom. The second-order valence-corrected chi connectivity index (χ2v) is 11.3. The highest BCUT2D eigenvalue weighted by atomic mass is 19.4. The Hall–Kier alpha value is -3.23. The van der Waals surface area contributed by atoms with Crippen LogP contribution in [0.25, 0.3) is 0 Å². The van der Waals surface area contributed by atoms with Crippen LogP contribution >= 0.6 is 0 Å². The topological polar surface area (TPSA) is 150 Å². The predicted molar refractivity (Wildman–Crippen MR) is 149 cm³/mol. The molecule has 2 aliphatic heterocycles. The minimum atomic E-state index is -5.08. The van der Waals surface area contributed by atoms with Crippen LogP contribution in [0.5, 0.6) is 0 Å². The first-order valence-corrected chi connectivity index (χ1v) is 14.7. The number of carbonyl (C=O) groups is 3. The molecule has 1 aromatic heterocycles. The number of ether oxygens (including phenoxy) is 2. The Labute approximate surface area is 269 Å². The molecular formula is C28H37F9N4O7. The largest absolute Gasteiger partial charge is 0.490 e. The molecule has 2 saturated heterocycles. The molecule has 0 spiro atoms. The number of halogens is 9. The zero-order chi connectivity index (χ0) is 36.5. The lowest BCUT2D eigenvalue weighted by atomic mass is 9.75. The molecule has 4 rings (SSSR count). The molecule has 3 unspecified atom stereocenters. The maximum absolute atomic E-state index is 13.8. The number of nitrogens with zero attached hydrogens (tertiary/aromatic N) is 2. The number of pyridine rings is 1. The maximum atomic E-state index is 13.8. The molecular weight excluding hydrogens is 675 g/mol. The summed E-state index contributed by atoms with van der Waals surface area (Å²) in [6.07, 6.45) is -10.6. The van der Waals surface area contributed by atoms with Gasteiger partial charge >= 0.3 is 30.5 Å². The summed E-state index contributed by atoms with van der Waals surface area (Å²) in [5, 5.41) is 21.3. The summed E-state index contributed by atoms with van der Waals surface area (Å²) in [7, 11) is 1.70. The first-order valence-electron chi connectivity index (χ1n) is 14.7. The molecule has 11 nitrogen and oxygen atoms in total. The molecule has 0 radical (unpaired) electrons. The first-order chi connectivity index (χ1) is 22.1. The summed E-state index contributed by atoms with van der Waals surface area (Å²) in [5.41, 5.74) is -1.35. The number of ketones is 1. The van der Waals surface area contributed by atoms with Gasteiger partial charge < -0.3 is 35.2 Å². The van der Waals surface area contributed by atoms with E-state index in [4.69, 9.17) is 29.3 Å². The Bertz CT molecular complexity index is 1210. The monoisotopic (exact) mass is 712 g/mol. The van der Waals surface area contributed by atoms with Crippen molar-refractivity contribution in [1.29, 1.82) is 0 Å². The highest BCUT2D eigenvalue weighted by Gasteiger charge is 2.48. The number of carboxylic acid groups (broad SMARTS) is 2. The van der Waals surface area contributed by atoms with Gasteiger partial charge in [0, 0.05) is 50.8 Å². The molecule has 0 amide bonds. The van der Waals surface area contributed by atoms with Crippen molar-refractivity contribution in [2.75, 3.05) is 44.9 Å². The minimum Gasteiger partial charge on any atom is -0.475 e. The fraction of sp³-hybridized carbons (Fsp3) is 0.714. The van der Waals surface area contributed by atoms with Crippen molar-refractivity contribution < 1.29 is 73.6 Å². The third kappa shape index (κ3) is 11.7. The molecule has 1 aromatic rings. The van der Waals surface area contributed by atoms with E-state index < -0.39 is 47.6 Å². The summed E-state index contributed by atoms with van der Waals surface area (Å²) in [5.74, 6) is -5.10. The zero-order valence-electron chi connectivity index (χ0n) is 25.8. The van der Waals surface area contributed by atoms with Crippen LogP contribution in [0, 0.1) is 5.41 Å². The van der Waals surface area contributed by atoms with Crippen LogP contribution in [0.1, 0.15) is 44.7 Å². The van der Waals surface area contributed by atoms with Crippen LogP contribution < -0.4 is 15.5 Å².